The molecule has 0 aromatic rings. The summed E-state index contributed by atoms with van der Waals surface area (Å²) in [5.41, 5.74) is 0. The number of ether oxygens (including phenoxy) is 1. The van der Waals surface area contributed by atoms with Crippen LogP contribution in [0, 0.1) is 0 Å². The maximum atomic E-state index is 12.1. The predicted octanol–water partition coefficient (Wildman–Crippen LogP) is 0.251. The highest BCUT2D eigenvalue weighted by molar-refractivity contribution is 5.81. The molecule has 0 saturated carbocycles. The summed E-state index contributed by atoms with van der Waals surface area (Å²) in [5, 5.41) is 8.66. The number of hydrogen-bond acceptors (Lipinski definition) is 3. The van der Waals surface area contributed by atoms with Gasteiger partial charge in [0.1, 0.15) is 6.10 Å². The number of carbonyl (C=O) groups is 1. The van der Waals surface area contributed by atoms with Crippen LogP contribution >= 0.6 is 0 Å². The van der Waals surface area contributed by atoms with Crippen molar-refractivity contribution in [2.24, 2.45) is 0 Å². The van der Waals surface area contributed by atoms with Gasteiger partial charge in [0.15, 0.2) is 0 Å². The van der Waals surface area contributed by atoms with Crippen LogP contribution in [0.15, 0.2) is 0 Å². The Balaban J connectivity index is 2.49. The highest BCUT2D eigenvalue weighted by Crippen LogP contribution is 2.15. The molecule has 1 saturated heterocycles. The van der Waals surface area contributed by atoms with E-state index in [2.05, 4.69) is 0 Å². The van der Waals surface area contributed by atoms with Gasteiger partial charge < -0.3 is 14.7 Å². The molecule has 4 nitrogen and oxygen atoms in total. The lowest BCUT2D eigenvalue weighted by Gasteiger charge is -2.23. The van der Waals surface area contributed by atoms with Crippen LogP contribution in [-0.4, -0.2) is 54.7 Å². The summed E-state index contributed by atoms with van der Waals surface area (Å²) in [7, 11) is 0. The molecule has 1 atom stereocenters. The van der Waals surface area contributed by atoms with Gasteiger partial charge in [0.05, 0.1) is 13.2 Å². The zero-order valence-corrected chi connectivity index (χ0v) is 8.36. The minimum absolute atomic E-state index is 0.0664. The van der Waals surface area contributed by atoms with Crippen molar-refractivity contribution in [2.45, 2.75) is 25.4 Å². The smallest absolute Gasteiger partial charge is 0.255 e. The molecule has 0 radical (unpaired) electrons. The minimum Gasteiger partial charge on any atom is -0.395 e. The Labute approximate surface area is 86.8 Å². The van der Waals surface area contributed by atoms with Gasteiger partial charge in [-0.1, -0.05) is 0 Å². The van der Waals surface area contributed by atoms with Crippen LogP contribution in [0.2, 0.25) is 0 Å². The van der Waals surface area contributed by atoms with Crippen LogP contribution in [0.25, 0.3) is 0 Å². The Bertz CT molecular complexity index is 208. The molecule has 1 fully saturated rings. The first-order valence-corrected chi connectivity index (χ1v) is 4.94. The highest BCUT2D eigenvalue weighted by Gasteiger charge is 2.29. The Kier molecular flexibility index (Phi) is 4.90. The van der Waals surface area contributed by atoms with Crippen LogP contribution in [0.5, 0.6) is 0 Å². The third-order valence-corrected chi connectivity index (χ3v) is 2.25. The van der Waals surface area contributed by atoms with E-state index < -0.39 is 25.0 Å². The monoisotopic (exact) mass is 223 g/mol. The van der Waals surface area contributed by atoms with E-state index in [-0.39, 0.29) is 13.2 Å². The van der Waals surface area contributed by atoms with Gasteiger partial charge in [-0.2, -0.15) is 0 Å². The van der Waals surface area contributed by atoms with Crippen LogP contribution in [-0.2, 0) is 9.53 Å². The topological polar surface area (TPSA) is 49.8 Å². The van der Waals surface area contributed by atoms with E-state index in [0.29, 0.717) is 13.0 Å². The second-order valence-corrected chi connectivity index (χ2v) is 3.40. The summed E-state index contributed by atoms with van der Waals surface area (Å²) >= 11 is 0. The van der Waals surface area contributed by atoms with Crippen molar-refractivity contribution < 1.29 is 23.4 Å². The molecule has 1 amide bonds. The molecule has 0 spiro atoms. The second kappa shape index (κ2) is 5.97. The normalized spacial score (nSPS) is 20.9. The largest absolute Gasteiger partial charge is 0.395 e. The standard InChI is InChI=1S/C9H15F2NO3/c10-8(11)6-12(3-4-13)9(14)7-2-1-5-15-7/h7-8,13H,1-6H2/t7-/m1/s1. The van der Waals surface area contributed by atoms with Crippen molar-refractivity contribution in [2.75, 3.05) is 26.3 Å². The number of rotatable bonds is 5. The average Bonchev–Trinajstić information content (AvgIpc) is 2.68. The van der Waals surface area contributed by atoms with Crippen molar-refractivity contribution in [1.82, 2.24) is 4.90 Å². The molecule has 6 heteroatoms. The fraction of sp³-hybridized carbons (Fsp3) is 0.889. The minimum atomic E-state index is -2.58. The summed E-state index contributed by atoms with van der Waals surface area (Å²) in [5.74, 6) is -0.443. The maximum Gasteiger partial charge on any atom is 0.255 e. The fourth-order valence-corrected chi connectivity index (χ4v) is 1.55. The number of carbonyl (C=O) groups excluding carboxylic acids is 1. The molecule has 15 heavy (non-hydrogen) atoms. The van der Waals surface area contributed by atoms with Crippen molar-refractivity contribution in [3.8, 4) is 0 Å². The fourth-order valence-electron chi connectivity index (χ4n) is 1.55. The Hall–Kier alpha value is -0.750. The zero-order chi connectivity index (χ0) is 11.3. The molecule has 1 aliphatic rings. The molecule has 1 heterocycles. The van der Waals surface area contributed by atoms with Crippen molar-refractivity contribution in [3.05, 3.63) is 0 Å². The SMILES string of the molecule is O=C([C@H]1CCCO1)N(CCO)CC(F)F. The van der Waals surface area contributed by atoms with Crippen LogP contribution in [0.3, 0.4) is 0 Å². The van der Waals surface area contributed by atoms with E-state index in [1.807, 2.05) is 0 Å². The summed E-state index contributed by atoms with van der Waals surface area (Å²) in [6, 6.07) is 0. The van der Waals surface area contributed by atoms with Gasteiger partial charge in [-0.25, -0.2) is 8.78 Å². The van der Waals surface area contributed by atoms with Crippen LogP contribution in [0.1, 0.15) is 12.8 Å². The molecule has 0 aromatic heterocycles. The van der Waals surface area contributed by atoms with Crippen molar-refractivity contribution >= 4 is 5.91 Å². The van der Waals surface area contributed by atoms with Gasteiger partial charge in [0, 0.05) is 13.2 Å². The van der Waals surface area contributed by atoms with E-state index in [4.69, 9.17) is 9.84 Å². The Morgan fingerprint density at radius 2 is 2.33 bits per heavy atom. The average molecular weight is 223 g/mol. The van der Waals surface area contributed by atoms with Gasteiger partial charge in [0.25, 0.3) is 12.3 Å². The first-order valence-electron chi connectivity index (χ1n) is 4.94. The van der Waals surface area contributed by atoms with E-state index >= 15 is 0 Å². The zero-order valence-electron chi connectivity index (χ0n) is 8.36. The highest BCUT2D eigenvalue weighted by atomic mass is 19.3. The van der Waals surface area contributed by atoms with Crippen molar-refractivity contribution in [1.29, 1.82) is 0 Å². The lowest BCUT2D eigenvalue weighted by Crippen LogP contribution is -2.43. The molecule has 1 rings (SSSR count). The molecular weight excluding hydrogens is 208 g/mol. The maximum absolute atomic E-state index is 12.1. The number of aliphatic hydroxyl groups is 1. The molecule has 1 N–H and O–H groups in total. The van der Waals surface area contributed by atoms with E-state index in [1.165, 1.54) is 0 Å². The number of alkyl halides is 2. The third kappa shape index (κ3) is 3.71. The van der Waals surface area contributed by atoms with Crippen LogP contribution < -0.4 is 0 Å². The summed E-state index contributed by atoms with van der Waals surface area (Å²) in [4.78, 5) is 12.6. The van der Waals surface area contributed by atoms with E-state index in [1.54, 1.807) is 0 Å². The summed E-state index contributed by atoms with van der Waals surface area (Å²) < 4.78 is 29.4. The van der Waals surface area contributed by atoms with Gasteiger partial charge >= 0.3 is 0 Å². The molecule has 88 valence electrons. The lowest BCUT2D eigenvalue weighted by atomic mass is 10.2. The molecule has 0 aromatic carbocycles. The van der Waals surface area contributed by atoms with Gasteiger partial charge in [-0.3, -0.25) is 4.79 Å². The van der Waals surface area contributed by atoms with Gasteiger partial charge in [-0.15, -0.1) is 0 Å². The lowest BCUT2D eigenvalue weighted by molar-refractivity contribution is -0.143. The molecule has 0 bridgehead atoms. The number of halogens is 2. The molecule has 0 unspecified atom stereocenters. The van der Waals surface area contributed by atoms with Gasteiger partial charge in [0.2, 0.25) is 0 Å². The summed E-state index contributed by atoms with van der Waals surface area (Å²) in [6.45, 7) is -0.522. The molecule has 1 aliphatic heterocycles. The number of amides is 1. The predicted molar refractivity (Wildman–Crippen MR) is 48.6 cm³/mol. The number of hydrogen-bond donors (Lipinski definition) is 1. The number of nitrogens with zero attached hydrogens (tertiary/aromatic N) is 1. The quantitative estimate of drug-likeness (QED) is 0.727. The van der Waals surface area contributed by atoms with Gasteiger partial charge in [-0.05, 0) is 12.8 Å². The van der Waals surface area contributed by atoms with Crippen molar-refractivity contribution in [3.63, 3.8) is 0 Å². The number of aliphatic hydroxyl groups excluding tert-OH is 1. The second-order valence-electron chi connectivity index (χ2n) is 3.40. The molecular formula is C9H15F2NO3. The van der Waals surface area contributed by atoms with E-state index in [0.717, 1.165) is 11.3 Å². The molecule has 0 aliphatic carbocycles. The first kappa shape index (κ1) is 12.3. The third-order valence-electron chi connectivity index (χ3n) is 2.25. The first-order chi connectivity index (χ1) is 7.15. The van der Waals surface area contributed by atoms with Crippen LogP contribution in [0.4, 0.5) is 8.78 Å². The summed E-state index contributed by atoms with van der Waals surface area (Å²) in [6.07, 6.45) is -1.83. The Morgan fingerprint density at radius 3 is 2.80 bits per heavy atom. The Morgan fingerprint density at radius 1 is 1.60 bits per heavy atom. The van der Waals surface area contributed by atoms with E-state index in [9.17, 15) is 13.6 Å².